The molecule has 18 heavy (non-hydrogen) atoms. The second kappa shape index (κ2) is 5.80. The first-order valence-corrected chi connectivity index (χ1v) is 7.80. The standard InChI is InChI=1S/C13H19N3S2/c1-8(2)5-12-15-16-13(18-12)14-7-11-6-9(3)17-10(11)4/h6,8H,5,7H2,1-4H3,(H,14,16). The third kappa shape index (κ3) is 3.53. The second-order valence-corrected chi connectivity index (χ2v) is 7.41. The van der Waals surface area contributed by atoms with Crippen LogP contribution >= 0.6 is 22.7 Å². The van der Waals surface area contributed by atoms with E-state index < -0.39 is 0 Å². The summed E-state index contributed by atoms with van der Waals surface area (Å²) in [5, 5.41) is 13.8. The molecule has 3 nitrogen and oxygen atoms in total. The Hall–Kier alpha value is -0.940. The van der Waals surface area contributed by atoms with Crippen LogP contribution in [0.1, 0.15) is 34.2 Å². The minimum absolute atomic E-state index is 0.632. The highest BCUT2D eigenvalue weighted by Crippen LogP contribution is 2.23. The minimum Gasteiger partial charge on any atom is -0.356 e. The van der Waals surface area contributed by atoms with Gasteiger partial charge in [-0.15, -0.1) is 21.5 Å². The number of aryl methyl sites for hydroxylation is 2. The van der Waals surface area contributed by atoms with Crippen molar-refractivity contribution in [1.82, 2.24) is 10.2 Å². The number of hydrogen-bond acceptors (Lipinski definition) is 5. The van der Waals surface area contributed by atoms with Crippen molar-refractivity contribution in [2.45, 2.75) is 40.7 Å². The lowest BCUT2D eigenvalue weighted by molar-refractivity contribution is 0.640. The van der Waals surface area contributed by atoms with Crippen molar-refractivity contribution in [3.05, 3.63) is 26.4 Å². The molecule has 0 amide bonds. The Kier molecular flexibility index (Phi) is 4.35. The summed E-state index contributed by atoms with van der Waals surface area (Å²) in [5.74, 6) is 0.632. The monoisotopic (exact) mass is 281 g/mol. The zero-order chi connectivity index (χ0) is 13.1. The molecule has 0 aliphatic carbocycles. The summed E-state index contributed by atoms with van der Waals surface area (Å²) in [6.45, 7) is 9.55. The smallest absolute Gasteiger partial charge is 0.205 e. The SMILES string of the molecule is Cc1cc(CNc2nnc(CC(C)C)s2)c(C)s1. The molecule has 0 aliphatic rings. The van der Waals surface area contributed by atoms with Crippen molar-refractivity contribution < 1.29 is 0 Å². The number of rotatable bonds is 5. The maximum Gasteiger partial charge on any atom is 0.205 e. The van der Waals surface area contributed by atoms with Crippen molar-refractivity contribution in [1.29, 1.82) is 0 Å². The molecule has 5 heteroatoms. The van der Waals surface area contributed by atoms with Crippen LogP contribution in [0, 0.1) is 19.8 Å². The molecule has 0 fully saturated rings. The minimum atomic E-state index is 0.632. The zero-order valence-electron chi connectivity index (χ0n) is 11.3. The van der Waals surface area contributed by atoms with Gasteiger partial charge in [-0.2, -0.15) is 0 Å². The summed E-state index contributed by atoms with van der Waals surface area (Å²) >= 11 is 3.51. The van der Waals surface area contributed by atoms with Gasteiger partial charge < -0.3 is 5.32 Å². The summed E-state index contributed by atoms with van der Waals surface area (Å²) in [5.41, 5.74) is 1.36. The molecule has 2 aromatic heterocycles. The molecule has 0 atom stereocenters. The van der Waals surface area contributed by atoms with Gasteiger partial charge in [0.15, 0.2) is 0 Å². The lowest BCUT2D eigenvalue weighted by Gasteiger charge is -2.00. The second-order valence-electron chi connectivity index (χ2n) is 4.89. The lowest BCUT2D eigenvalue weighted by Crippen LogP contribution is -1.98. The maximum atomic E-state index is 4.20. The maximum absolute atomic E-state index is 4.20. The Labute approximate surface area is 116 Å². The number of aromatic nitrogens is 2. The Morgan fingerprint density at radius 3 is 2.61 bits per heavy atom. The van der Waals surface area contributed by atoms with Crippen LogP contribution in [0.3, 0.4) is 0 Å². The van der Waals surface area contributed by atoms with E-state index in [1.54, 1.807) is 11.3 Å². The Balaban J connectivity index is 1.94. The molecule has 2 heterocycles. The van der Waals surface area contributed by atoms with Gasteiger partial charge in [-0.25, -0.2) is 0 Å². The normalized spacial score (nSPS) is 11.2. The molecule has 98 valence electrons. The third-order valence-corrected chi connectivity index (χ3v) is 4.54. The van der Waals surface area contributed by atoms with E-state index in [1.165, 1.54) is 15.3 Å². The van der Waals surface area contributed by atoms with E-state index in [-0.39, 0.29) is 0 Å². The third-order valence-electron chi connectivity index (χ3n) is 2.62. The fourth-order valence-electron chi connectivity index (χ4n) is 1.79. The molecule has 0 spiro atoms. The van der Waals surface area contributed by atoms with Crippen LogP contribution in [0.15, 0.2) is 6.07 Å². The van der Waals surface area contributed by atoms with Crippen molar-refractivity contribution in [3.8, 4) is 0 Å². The molecule has 1 N–H and O–H groups in total. The Morgan fingerprint density at radius 1 is 1.22 bits per heavy atom. The largest absolute Gasteiger partial charge is 0.356 e. The summed E-state index contributed by atoms with van der Waals surface area (Å²) in [6.07, 6.45) is 1.01. The Morgan fingerprint density at radius 2 is 2.00 bits per heavy atom. The van der Waals surface area contributed by atoms with Crippen LogP contribution in [0.2, 0.25) is 0 Å². The molecule has 0 aromatic carbocycles. The molecular formula is C13H19N3S2. The molecule has 0 saturated heterocycles. The van der Waals surface area contributed by atoms with E-state index in [0.29, 0.717) is 5.92 Å². The van der Waals surface area contributed by atoms with Gasteiger partial charge in [-0.05, 0) is 31.4 Å². The molecule has 0 unspecified atom stereocenters. The summed E-state index contributed by atoms with van der Waals surface area (Å²) in [4.78, 5) is 2.74. The quantitative estimate of drug-likeness (QED) is 0.899. The summed E-state index contributed by atoms with van der Waals surface area (Å²) in [7, 11) is 0. The molecule has 0 radical (unpaired) electrons. The van der Waals surface area contributed by atoms with E-state index >= 15 is 0 Å². The van der Waals surface area contributed by atoms with Crippen molar-refractivity contribution >= 4 is 27.8 Å². The van der Waals surface area contributed by atoms with Gasteiger partial charge in [0.05, 0.1) is 0 Å². The molecular weight excluding hydrogens is 262 g/mol. The van der Waals surface area contributed by atoms with Crippen molar-refractivity contribution in [2.24, 2.45) is 5.92 Å². The Bertz CT molecular complexity index is 514. The number of hydrogen-bond donors (Lipinski definition) is 1. The van der Waals surface area contributed by atoms with Crippen LogP contribution in [0.5, 0.6) is 0 Å². The average molecular weight is 281 g/mol. The highest BCUT2D eigenvalue weighted by Gasteiger charge is 2.07. The van der Waals surface area contributed by atoms with Gasteiger partial charge >= 0.3 is 0 Å². The first-order chi connectivity index (χ1) is 8.54. The predicted molar refractivity (Wildman–Crippen MR) is 79.6 cm³/mol. The van der Waals surface area contributed by atoms with E-state index in [0.717, 1.165) is 23.1 Å². The van der Waals surface area contributed by atoms with Gasteiger partial charge in [0, 0.05) is 22.7 Å². The molecule has 0 aliphatic heterocycles. The van der Waals surface area contributed by atoms with Gasteiger partial charge in [0.2, 0.25) is 5.13 Å². The number of nitrogens with zero attached hydrogens (tertiary/aromatic N) is 2. The van der Waals surface area contributed by atoms with Gasteiger partial charge in [0.25, 0.3) is 0 Å². The highest BCUT2D eigenvalue weighted by atomic mass is 32.1. The fraction of sp³-hybridized carbons (Fsp3) is 0.538. The summed E-state index contributed by atoms with van der Waals surface area (Å²) < 4.78 is 0. The number of thiophene rings is 1. The lowest BCUT2D eigenvalue weighted by atomic mass is 10.1. The highest BCUT2D eigenvalue weighted by molar-refractivity contribution is 7.15. The van der Waals surface area contributed by atoms with Crippen molar-refractivity contribution in [3.63, 3.8) is 0 Å². The number of anilines is 1. The molecule has 0 saturated carbocycles. The summed E-state index contributed by atoms with van der Waals surface area (Å²) in [6, 6.07) is 2.24. The average Bonchev–Trinajstić information content (AvgIpc) is 2.82. The zero-order valence-corrected chi connectivity index (χ0v) is 12.9. The van der Waals surface area contributed by atoms with Gasteiger partial charge in [-0.1, -0.05) is 25.2 Å². The van der Waals surface area contributed by atoms with E-state index in [4.69, 9.17) is 0 Å². The van der Waals surface area contributed by atoms with Crippen LogP contribution in [0.25, 0.3) is 0 Å². The topological polar surface area (TPSA) is 37.8 Å². The molecule has 2 rings (SSSR count). The first kappa shape index (κ1) is 13.5. The van der Waals surface area contributed by atoms with Gasteiger partial charge in [0.1, 0.15) is 5.01 Å². The van der Waals surface area contributed by atoms with Crippen LogP contribution in [0.4, 0.5) is 5.13 Å². The first-order valence-electron chi connectivity index (χ1n) is 6.16. The van der Waals surface area contributed by atoms with Gasteiger partial charge in [-0.3, -0.25) is 0 Å². The molecule has 2 aromatic rings. The predicted octanol–water partition coefficient (Wildman–Crippen LogP) is 4.03. The van der Waals surface area contributed by atoms with Crippen LogP contribution in [-0.4, -0.2) is 10.2 Å². The van der Waals surface area contributed by atoms with E-state index in [1.807, 2.05) is 11.3 Å². The number of nitrogens with one attached hydrogen (secondary N) is 1. The van der Waals surface area contributed by atoms with E-state index in [9.17, 15) is 0 Å². The van der Waals surface area contributed by atoms with E-state index in [2.05, 4.69) is 49.3 Å². The fourth-order valence-corrected chi connectivity index (χ4v) is 3.68. The molecule has 0 bridgehead atoms. The van der Waals surface area contributed by atoms with Crippen LogP contribution < -0.4 is 5.32 Å². The van der Waals surface area contributed by atoms with Crippen molar-refractivity contribution in [2.75, 3.05) is 5.32 Å². The van der Waals surface area contributed by atoms with Crippen LogP contribution in [-0.2, 0) is 13.0 Å².